The maximum Gasteiger partial charge on any atom is 0.408 e. The van der Waals surface area contributed by atoms with E-state index in [2.05, 4.69) is 51.2 Å². The zero-order valence-electron chi connectivity index (χ0n) is 26.9. The van der Waals surface area contributed by atoms with Gasteiger partial charge in [-0.2, -0.15) is 0 Å². The van der Waals surface area contributed by atoms with Crippen molar-refractivity contribution in [3.63, 3.8) is 0 Å². The number of nitrogens with one attached hydrogen (secondary N) is 2. The van der Waals surface area contributed by atoms with Crippen LogP contribution in [0.2, 0.25) is 25.7 Å². The number of ether oxygens (including phenoxy) is 3. The highest BCUT2D eigenvalue weighted by Crippen LogP contribution is 2.35. The number of nitrogens with zero attached hydrogens (tertiary/aromatic N) is 2. The number of alkyl carbamates (subject to hydrolysis) is 1. The molecular weight excluding hydrogens is 640 g/mol. The number of hydrogen-bond acceptors (Lipinski definition) is 6. The van der Waals surface area contributed by atoms with Gasteiger partial charge in [0.15, 0.2) is 0 Å². The highest BCUT2D eigenvalue weighted by molar-refractivity contribution is 9.10. The van der Waals surface area contributed by atoms with E-state index in [-0.39, 0.29) is 11.9 Å². The van der Waals surface area contributed by atoms with Gasteiger partial charge in [0.2, 0.25) is 5.91 Å². The van der Waals surface area contributed by atoms with Crippen molar-refractivity contribution in [2.24, 2.45) is 0 Å². The number of amides is 2. The number of aromatic nitrogens is 2. The lowest BCUT2D eigenvalue weighted by Gasteiger charge is -2.27. The van der Waals surface area contributed by atoms with E-state index in [0.29, 0.717) is 24.7 Å². The summed E-state index contributed by atoms with van der Waals surface area (Å²) in [5.74, 6) is 1.13. The average Bonchev–Trinajstić information content (AvgIpc) is 3.27. The third-order valence-electron chi connectivity index (χ3n) is 7.45. The molecule has 1 saturated carbocycles. The van der Waals surface area contributed by atoms with Crippen LogP contribution in [-0.4, -0.2) is 53.9 Å². The van der Waals surface area contributed by atoms with E-state index < -0.39 is 25.8 Å². The molecule has 2 amide bonds. The Bertz CT molecular complexity index is 1410. The minimum atomic E-state index is -1.16. The minimum absolute atomic E-state index is 0.137. The molecule has 1 aromatic carbocycles. The molecule has 44 heavy (non-hydrogen) atoms. The summed E-state index contributed by atoms with van der Waals surface area (Å²) in [5, 5.41) is 6.80. The topological polar surface area (TPSA) is 104 Å². The second kappa shape index (κ2) is 14.9. The third-order valence-corrected chi connectivity index (χ3v) is 9.75. The number of benzene rings is 1. The molecule has 2 aromatic heterocycles. The number of carbonyl (C=O) groups is 2. The summed E-state index contributed by atoms with van der Waals surface area (Å²) in [6.45, 7) is 13.6. The molecule has 1 fully saturated rings. The Balaban J connectivity index is 1.44. The van der Waals surface area contributed by atoms with Crippen LogP contribution in [0.3, 0.4) is 0 Å². The largest absolute Gasteiger partial charge is 0.457 e. The second-order valence-electron chi connectivity index (χ2n) is 13.8. The zero-order chi connectivity index (χ0) is 31.9. The summed E-state index contributed by atoms with van der Waals surface area (Å²) in [5.41, 5.74) is 1.00. The van der Waals surface area contributed by atoms with Gasteiger partial charge in [0.1, 0.15) is 35.5 Å². The van der Waals surface area contributed by atoms with E-state index >= 15 is 0 Å². The first kappa shape index (κ1) is 34.0. The highest BCUT2D eigenvalue weighted by atomic mass is 79.9. The molecule has 0 radical (unpaired) electrons. The Kier molecular flexibility index (Phi) is 11.5. The van der Waals surface area contributed by atoms with E-state index in [9.17, 15) is 9.59 Å². The lowest BCUT2D eigenvalue weighted by Crippen LogP contribution is -2.51. The summed E-state index contributed by atoms with van der Waals surface area (Å²) < 4.78 is 20.6. The number of fused-ring (bicyclic) bond motifs is 1. The lowest BCUT2D eigenvalue weighted by atomic mass is 9.95. The molecule has 9 nitrogen and oxygen atoms in total. The Morgan fingerprint density at radius 3 is 2.45 bits per heavy atom. The highest BCUT2D eigenvalue weighted by Gasteiger charge is 2.27. The molecule has 0 unspecified atom stereocenters. The molecule has 0 bridgehead atoms. The molecule has 2 N–H and O–H groups in total. The molecule has 11 heteroatoms. The molecule has 0 saturated heterocycles. The maximum absolute atomic E-state index is 13.3. The van der Waals surface area contributed by atoms with Crippen LogP contribution in [-0.2, 0) is 27.4 Å². The summed E-state index contributed by atoms with van der Waals surface area (Å²) in [6.07, 6.45) is 8.75. The van der Waals surface area contributed by atoms with E-state index in [1.54, 1.807) is 27.0 Å². The molecule has 1 aliphatic rings. The van der Waals surface area contributed by atoms with Crippen molar-refractivity contribution in [1.29, 1.82) is 0 Å². The quantitative estimate of drug-likeness (QED) is 0.149. The summed E-state index contributed by atoms with van der Waals surface area (Å²) in [7, 11) is -1.16. The fraction of sp³-hybridized carbons (Fsp3) is 0.545. The van der Waals surface area contributed by atoms with E-state index in [0.717, 1.165) is 59.4 Å². The standard InChI is InChI=1S/C33H47BrN4O5Si/c1-33(2,3)43-32(40)37-27(31(39)36-24-10-8-7-9-11-24)20-23-12-14-25(15-13-23)42-28-16-17-35-30-29(28)26(34)21-38(30)22-41-18-19-44(4,5)6/h12-17,21,24,27H,7-11,18-20,22H2,1-6H3,(H,36,39)(H,37,40)/t27-/m0/s1. The Labute approximate surface area is 270 Å². The molecule has 2 heterocycles. The van der Waals surface area contributed by atoms with Gasteiger partial charge in [0.05, 0.1) is 5.39 Å². The van der Waals surface area contributed by atoms with E-state index in [1.165, 1.54) is 6.42 Å². The van der Waals surface area contributed by atoms with Crippen molar-refractivity contribution in [3.05, 3.63) is 52.8 Å². The SMILES string of the molecule is CC(C)(C)OC(=O)N[C@@H](Cc1ccc(Oc2ccnc3c2c(Br)cn3COCC[Si](C)(C)C)cc1)C(=O)NC1CCCCC1. The maximum atomic E-state index is 13.3. The van der Waals surface area contributed by atoms with Crippen LogP contribution in [0.15, 0.2) is 47.2 Å². The van der Waals surface area contributed by atoms with Gasteiger partial charge < -0.3 is 29.4 Å². The van der Waals surface area contributed by atoms with Crippen LogP contribution in [0, 0.1) is 0 Å². The predicted octanol–water partition coefficient (Wildman–Crippen LogP) is 7.79. The molecular formula is C33H47BrN4O5Si. The van der Waals surface area contributed by atoms with E-state index in [1.807, 2.05) is 41.1 Å². The van der Waals surface area contributed by atoms with Gasteiger partial charge in [-0.15, -0.1) is 0 Å². The van der Waals surface area contributed by atoms with Gasteiger partial charge in [-0.25, -0.2) is 9.78 Å². The molecule has 1 aliphatic carbocycles. The Morgan fingerprint density at radius 2 is 1.80 bits per heavy atom. The van der Waals surface area contributed by atoms with Gasteiger partial charge in [0, 0.05) is 44.0 Å². The first-order valence-electron chi connectivity index (χ1n) is 15.6. The number of carbonyl (C=O) groups excluding carboxylic acids is 2. The number of rotatable bonds is 12. The van der Waals surface area contributed by atoms with Crippen LogP contribution >= 0.6 is 15.9 Å². The van der Waals surface area contributed by atoms with Crippen LogP contribution in [0.25, 0.3) is 11.0 Å². The van der Waals surface area contributed by atoms with Crippen LogP contribution in [0.5, 0.6) is 11.5 Å². The molecule has 4 rings (SSSR count). The molecule has 3 aromatic rings. The molecule has 1 atom stereocenters. The smallest absolute Gasteiger partial charge is 0.408 e. The second-order valence-corrected chi connectivity index (χ2v) is 20.3. The van der Waals surface area contributed by atoms with Gasteiger partial charge in [-0.05, 0) is 79.3 Å². The Morgan fingerprint density at radius 1 is 1.09 bits per heavy atom. The summed E-state index contributed by atoms with van der Waals surface area (Å²) in [6, 6.07) is 9.89. The molecule has 0 aliphatic heterocycles. The van der Waals surface area contributed by atoms with Crippen molar-refractivity contribution in [2.75, 3.05) is 6.61 Å². The lowest BCUT2D eigenvalue weighted by molar-refractivity contribution is -0.124. The summed E-state index contributed by atoms with van der Waals surface area (Å²) in [4.78, 5) is 30.5. The van der Waals surface area contributed by atoms with Crippen molar-refractivity contribution in [2.45, 2.75) is 109 Å². The average molecular weight is 688 g/mol. The molecule has 240 valence electrons. The Hall–Kier alpha value is -2.89. The van der Waals surface area contributed by atoms with Crippen molar-refractivity contribution in [1.82, 2.24) is 20.2 Å². The van der Waals surface area contributed by atoms with Gasteiger partial charge in [-0.1, -0.05) is 51.0 Å². The predicted molar refractivity (Wildman–Crippen MR) is 180 cm³/mol. The minimum Gasteiger partial charge on any atom is -0.457 e. The monoisotopic (exact) mass is 686 g/mol. The first-order chi connectivity index (χ1) is 20.8. The van der Waals surface area contributed by atoms with Gasteiger partial charge in [-0.3, -0.25) is 4.79 Å². The number of hydrogen-bond donors (Lipinski definition) is 2. The van der Waals surface area contributed by atoms with Crippen molar-refractivity contribution >= 4 is 47.0 Å². The first-order valence-corrected chi connectivity index (χ1v) is 20.1. The normalized spacial score (nSPS) is 15.2. The summed E-state index contributed by atoms with van der Waals surface area (Å²) >= 11 is 3.68. The molecule has 0 spiro atoms. The third kappa shape index (κ3) is 10.3. The van der Waals surface area contributed by atoms with Crippen LogP contribution < -0.4 is 15.4 Å². The van der Waals surface area contributed by atoms with Gasteiger partial charge >= 0.3 is 6.09 Å². The van der Waals surface area contributed by atoms with Crippen molar-refractivity contribution < 1.29 is 23.8 Å². The number of halogens is 1. The zero-order valence-corrected chi connectivity index (χ0v) is 29.5. The number of pyridine rings is 1. The van der Waals surface area contributed by atoms with Crippen LogP contribution in [0.4, 0.5) is 4.79 Å². The van der Waals surface area contributed by atoms with E-state index in [4.69, 9.17) is 14.2 Å². The fourth-order valence-electron chi connectivity index (χ4n) is 5.13. The van der Waals surface area contributed by atoms with Gasteiger partial charge in [0.25, 0.3) is 0 Å². The fourth-order valence-corrected chi connectivity index (χ4v) is 6.50. The van der Waals surface area contributed by atoms with Crippen molar-refractivity contribution in [3.8, 4) is 11.5 Å². The van der Waals surface area contributed by atoms with Crippen LogP contribution in [0.1, 0.15) is 58.4 Å².